The second kappa shape index (κ2) is 5.41. The molecule has 0 spiro atoms. The molecule has 0 aliphatic carbocycles. The van der Waals surface area contributed by atoms with Gasteiger partial charge in [-0.3, -0.25) is 0 Å². The summed E-state index contributed by atoms with van der Waals surface area (Å²) >= 11 is 1.71. The van der Waals surface area contributed by atoms with E-state index in [1.165, 1.54) is 5.56 Å². The van der Waals surface area contributed by atoms with Crippen LogP contribution in [0.2, 0.25) is 0 Å². The van der Waals surface area contributed by atoms with Gasteiger partial charge in [0.15, 0.2) is 0 Å². The first kappa shape index (κ1) is 12.8. The Kier molecular flexibility index (Phi) is 3.64. The van der Waals surface area contributed by atoms with E-state index in [0.717, 1.165) is 36.9 Å². The van der Waals surface area contributed by atoms with Gasteiger partial charge in [0.25, 0.3) is 0 Å². The standard InChI is InChI=1S/C15H18N2OS/c1-15(7-8-18-11-15)16-9-14-17-13(10-19-14)12-5-3-2-4-6-12/h2-6,10,16H,7-9,11H2,1H3. The summed E-state index contributed by atoms with van der Waals surface area (Å²) in [5.74, 6) is 0. The summed E-state index contributed by atoms with van der Waals surface area (Å²) in [6.45, 7) is 4.68. The molecule has 1 aliphatic rings. The molecule has 1 unspecified atom stereocenters. The van der Waals surface area contributed by atoms with Crippen LogP contribution in [-0.4, -0.2) is 23.7 Å². The van der Waals surface area contributed by atoms with Crippen molar-refractivity contribution in [2.45, 2.75) is 25.4 Å². The molecule has 4 heteroatoms. The van der Waals surface area contributed by atoms with Gasteiger partial charge in [0.05, 0.1) is 12.3 Å². The highest BCUT2D eigenvalue weighted by Crippen LogP contribution is 2.23. The highest BCUT2D eigenvalue weighted by atomic mass is 32.1. The van der Waals surface area contributed by atoms with Gasteiger partial charge in [0.1, 0.15) is 5.01 Å². The van der Waals surface area contributed by atoms with Crippen molar-refractivity contribution in [3.63, 3.8) is 0 Å². The first-order chi connectivity index (χ1) is 9.25. The summed E-state index contributed by atoms with van der Waals surface area (Å²) in [5, 5.41) is 6.82. The molecule has 1 fully saturated rings. The van der Waals surface area contributed by atoms with Crippen molar-refractivity contribution < 1.29 is 4.74 Å². The van der Waals surface area contributed by atoms with Crippen molar-refractivity contribution in [3.05, 3.63) is 40.7 Å². The number of rotatable bonds is 4. The van der Waals surface area contributed by atoms with E-state index in [2.05, 4.69) is 34.7 Å². The molecule has 2 aromatic rings. The molecule has 3 nitrogen and oxygen atoms in total. The van der Waals surface area contributed by atoms with E-state index in [-0.39, 0.29) is 5.54 Å². The summed E-state index contributed by atoms with van der Waals surface area (Å²) in [6.07, 6.45) is 1.07. The highest BCUT2D eigenvalue weighted by molar-refractivity contribution is 7.09. The maximum Gasteiger partial charge on any atom is 0.107 e. The number of nitrogens with zero attached hydrogens (tertiary/aromatic N) is 1. The minimum absolute atomic E-state index is 0.110. The van der Waals surface area contributed by atoms with Gasteiger partial charge in [0, 0.05) is 29.6 Å². The Labute approximate surface area is 117 Å². The molecular weight excluding hydrogens is 256 g/mol. The maximum absolute atomic E-state index is 5.44. The Hall–Kier alpha value is -1.23. The van der Waals surface area contributed by atoms with Gasteiger partial charge in [-0.05, 0) is 13.3 Å². The van der Waals surface area contributed by atoms with Crippen molar-refractivity contribution in [1.29, 1.82) is 0 Å². The van der Waals surface area contributed by atoms with Crippen molar-refractivity contribution >= 4 is 11.3 Å². The minimum atomic E-state index is 0.110. The lowest BCUT2D eigenvalue weighted by Crippen LogP contribution is -2.42. The average Bonchev–Trinajstić information content (AvgIpc) is 3.07. The third-order valence-electron chi connectivity index (χ3n) is 3.51. The van der Waals surface area contributed by atoms with Crippen molar-refractivity contribution in [3.8, 4) is 11.3 Å². The van der Waals surface area contributed by atoms with Crippen LogP contribution < -0.4 is 5.32 Å². The Morgan fingerprint density at radius 1 is 1.37 bits per heavy atom. The normalized spacial score (nSPS) is 22.8. The van der Waals surface area contributed by atoms with Crippen LogP contribution in [0.5, 0.6) is 0 Å². The van der Waals surface area contributed by atoms with Gasteiger partial charge in [-0.25, -0.2) is 4.98 Å². The monoisotopic (exact) mass is 274 g/mol. The molecule has 1 N–H and O–H groups in total. The van der Waals surface area contributed by atoms with Crippen LogP contribution in [0.3, 0.4) is 0 Å². The molecule has 0 bridgehead atoms. The first-order valence-corrected chi connectivity index (χ1v) is 7.46. The van der Waals surface area contributed by atoms with Crippen LogP contribution >= 0.6 is 11.3 Å². The lowest BCUT2D eigenvalue weighted by molar-refractivity contribution is 0.171. The highest BCUT2D eigenvalue weighted by Gasteiger charge is 2.28. The molecule has 1 aromatic heterocycles. The number of hydrogen-bond acceptors (Lipinski definition) is 4. The molecule has 1 aromatic carbocycles. The summed E-state index contributed by atoms with van der Waals surface area (Å²) in [7, 11) is 0. The molecule has 1 saturated heterocycles. The van der Waals surface area contributed by atoms with Gasteiger partial charge < -0.3 is 10.1 Å². The van der Waals surface area contributed by atoms with E-state index in [4.69, 9.17) is 4.74 Å². The summed E-state index contributed by atoms with van der Waals surface area (Å²) in [6, 6.07) is 10.3. The van der Waals surface area contributed by atoms with Crippen LogP contribution in [0.15, 0.2) is 35.7 Å². The average molecular weight is 274 g/mol. The molecule has 19 heavy (non-hydrogen) atoms. The quantitative estimate of drug-likeness (QED) is 0.930. The topological polar surface area (TPSA) is 34.2 Å². The molecule has 0 amide bonds. The zero-order chi connectivity index (χ0) is 13.1. The SMILES string of the molecule is CC1(NCc2nc(-c3ccccc3)cs2)CCOC1. The molecule has 3 rings (SSSR count). The zero-order valence-corrected chi connectivity index (χ0v) is 11.9. The summed E-state index contributed by atoms with van der Waals surface area (Å²) < 4.78 is 5.44. The lowest BCUT2D eigenvalue weighted by atomic mass is 10.0. The third kappa shape index (κ3) is 3.03. The smallest absolute Gasteiger partial charge is 0.107 e. The van der Waals surface area contributed by atoms with Crippen LogP contribution in [0.1, 0.15) is 18.4 Å². The fraction of sp³-hybridized carbons (Fsp3) is 0.400. The fourth-order valence-electron chi connectivity index (χ4n) is 2.23. The molecule has 0 radical (unpaired) electrons. The molecule has 0 saturated carbocycles. The first-order valence-electron chi connectivity index (χ1n) is 6.58. The number of thiazole rings is 1. The number of nitrogens with one attached hydrogen (secondary N) is 1. The zero-order valence-electron chi connectivity index (χ0n) is 11.1. The van der Waals surface area contributed by atoms with Gasteiger partial charge >= 0.3 is 0 Å². The predicted octanol–water partition coefficient (Wildman–Crippen LogP) is 3.08. The Balaban J connectivity index is 1.65. The van der Waals surface area contributed by atoms with E-state index < -0.39 is 0 Å². The maximum atomic E-state index is 5.44. The van der Waals surface area contributed by atoms with Crippen LogP contribution in [0, 0.1) is 0 Å². The van der Waals surface area contributed by atoms with Gasteiger partial charge in [-0.2, -0.15) is 0 Å². The molecular formula is C15H18N2OS. The van der Waals surface area contributed by atoms with E-state index in [9.17, 15) is 0 Å². The fourth-order valence-corrected chi connectivity index (χ4v) is 2.97. The second-order valence-electron chi connectivity index (χ2n) is 5.21. The minimum Gasteiger partial charge on any atom is -0.379 e. The van der Waals surface area contributed by atoms with Crippen molar-refractivity contribution in [2.75, 3.05) is 13.2 Å². The van der Waals surface area contributed by atoms with Crippen LogP contribution in [0.4, 0.5) is 0 Å². The number of benzene rings is 1. The van der Waals surface area contributed by atoms with E-state index in [1.54, 1.807) is 11.3 Å². The Bertz CT molecular complexity index is 532. The van der Waals surface area contributed by atoms with Gasteiger partial charge in [-0.15, -0.1) is 11.3 Å². The Morgan fingerprint density at radius 3 is 2.95 bits per heavy atom. The third-order valence-corrected chi connectivity index (χ3v) is 4.36. The lowest BCUT2D eigenvalue weighted by Gasteiger charge is -2.22. The number of ether oxygens (including phenoxy) is 1. The van der Waals surface area contributed by atoms with E-state index in [0.29, 0.717) is 0 Å². The van der Waals surface area contributed by atoms with Gasteiger partial charge in [0.2, 0.25) is 0 Å². The van der Waals surface area contributed by atoms with E-state index >= 15 is 0 Å². The van der Waals surface area contributed by atoms with Crippen molar-refractivity contribution in [1.82, 2.24) is 10.3 Å². The molecule has 2 heterocycles. The molecule has 100 valence electrons. The van der Waals surface area contributed by atoms with Crippen molar-refractivity contribution in [2.24, 2.45) is 0 Å². The van der Waals surface area contributed by atoms with E-state index in [1.807, 2.05) is 18.2 Å². The predicted molar refractivity (Wildman–Crippen MR) is 78.2 cm³/mol. The van der Waals surface area contributed by atoms with Crippen LogP contribution in [-0.2, 0) is 11.3 Å². The summed E-state index contributed by atoms with van der Waals surface area (Å²) in [4.78, 5) is 4.69. The molecule has 1 atom stereocenters. The number of hydrogen-bond donors (Lipinski definition) is 1. The largest absolute Gasteiger partial charge is 0.379 e. The second-order valence-corrected chi connectivity index (χ2v) is 6.15. The number of aromatic nitrogens is 1. The molecule has 1 aliphatic heterocycles. The Morgan fingerprint density at radius 2 is 2.21 bits per heavy atom. The van der Waals surface area contributed by atoms with Crippen LogP contribution in [0.25, 0.3) is 11.3 Å². The summed E-state index contributed by atoms with van der Waals surface area (Å²) in [5.41, 5.74) is 2.36. The van der Waals surface area contributed by atoms with Gasteiger partial charge in [-0.1, -0.05) is 30.3 Å².